The molecule has 1 aromatic carbocycles. The average Bonchev–Trinajstić information content (AvgIpc) is 2.64. The second kappa shape index (κ2) is 8.97. The van der Waals surface area contributed by atoms with E-state index in [9.17, 15) is 4.79 Å². The van der Waals surface area contributed by atoms with Gasteiger partial charge in [0.05, 0.1) is 21.3 Å². The third kappa shape index (κ3) is 4.39. The van der Waals surface area contributed by atoms with Gasteiger partial charge in [-0.05, 0) is 24.8 Å². The molecule has 0 heterocycles. The largest absolute Gasteiger partial charge is 0.496 e. The van der Waals surface area contributed by atoms with Crippen LogP contribution in [0.3, 0.4) is 0 Å². The van der Waals surface area contributed by atoms with Crippen molar-refractivity contribution in [1.82, 2.24) is 5.32 Å². The molecular formula is C20H31NO4. The summed E-state index contributed by atoms with van der Waals surface area (Å²) in [6.07, 6.45) is 5.50. The third-order valence-electron chi connectivity index (χ3n) is 4.95. The number of amides is 1. The summed E-state index contributed by atoms with van der Waals surface area (Å²) in [5.41, 5.74) is 1.84. The van der Waals surface area contributed by atoms with E-state index >= 15 is 0 Å². The summed E-state index contributed by atoms with van der Waals surface area (Å²) in [6.45, 7) is 4.58. The van der Waals surface area contributed by atoms with E-state index in [2.05, 4.69) is 19.2 Å². The first-order chi connectivity index (χ1) is 12.0. The quantitative estimate of drug-likeness (QED) is 0.807. The van der Waals surface area contributed by atoms with Crippen LogP contribution >= 0.6 is 0 Å². The first-order valence-corrected chi connectivity index (χ1v) is 9.12. The summed E-state index contributed by atoms with van der Waals surface area (Å²) < 4.78 is 16.8. The van der Waals surface area contributed by atoms with Gasteiger partial charge in [-0.1, -0.05) is 33.1 Å². The van der Waals surface area contributed by atoms with Crippen molar-refractivity contribution in [3.05, 3.63) is 17.2 Å². The fourth-order valence-electron chi connectivity index (χ4n) is 3.65. The molecule has 1 aromatic rings. The fourth-order valence-corrected chi connectivity index (χ4v) is 3.65. The Balaban J connectivity index is 2.25. The van der Waals surface area contributed by atoms with Gasteiger partial charge in [0.25, 0.3) is 0 Å². The molecule has 140 valence electrons. The van der Waals surface area contributed by atoms with Gasteiger partial charge in [-0.25, -0.2) is 0 Å². The van der Waals surface area contributed by atoms with Crippen LogP contribution in [0.25, 0.3) is 0 Å². The summed E-state index contributed by atoms with van der Waals surface area (Å²) in [7, 11) is 4.91. The van der Waals surface area contributed by atoms with Gasteiger partial charge in [0.15, 0.2) is 11.5 Å². The minimum atomic E-state index is 0.132. The summed E-state index contributed by atoms with van der Waals surface area (Å²) in [4.78, 5) is 12.4. The van der Waals surface area contributed by atoms with E-state index in [1.54, 1.807) is 21.3 Å². The zero-order valence-corrected chi connectivity index (χ0v) is 16.1. The Kier molecular flexibility index (Phi) is 6.97. The van der Waals surface area contributed by atoms with Crippen molar-refractivity contribution >= 4 is 5.91 Å². The van der Waals surface area contributed by atoms with E-state index in [0.29, 0.717) is 18.0 Å². The van der Waals surface area contributed by atoms with Gasteiger partial charge in [0, 0.05) is 23.6 Å². The van der Waals surface area contributed by atoms with Crippen LogP contribution in [-0.2, 0) is 11.3 Å². The first kappa shape index (κ1) is 19.4. The molecule has 0 spiro atoms. The van der Waals surface area contributed by atoms with Crippen LogP contribution < -0.4 is 19.5 Å². The monoisotopic (exact) mass is 349 g/mol. The van der Waals surface area contributed by atoms with Crippen LogP contribution in [0.1, 0.15) is 63.0 Å². The summed E-state index contributed by atoms with van der Waals surface area (Å²) in [5, 5.41) is 3.06. The van der Waals surface area contributed by atoms with Gasteiger partial charge in [0.2, 0.25) is 5.91 Å². The second-order valence-corrected chi connectivity index (χ2v) is 6.93. The van der Waals surface area contributed by atoms with Gasteiger partial charge in [-0.15, -0.1) is 0 Å². The number of carbonyl (C=O) groups is 1. The highest BCUT2D eigenvalue weighted by Gasteiger charge is 2.24. The molecule has 0 aliphatic heterocycles. The lowest BCUT2D eigenvalue weighted by molar-refractivity contribution is -0.126. The number of nitrogens with one attached hydrogen (secondary N) is 1. The van der Waals surface area contributed by atoms with Crippen LogP contribution in [0.5, 0.6) is 17.2 Å². The molecule has 0 bridgehead atoms. The lowest BCUT2D eigenvalue weighted by Gasteiger charge is -2.23. The molecule has 1 N–H and O–H groups in total. The maximum atomic E-state index is 12.4. The number of benzene rings is 1. The number of methoxy groups -OCH3 is 3. The zero-order valence-electron chi connectivity index (χ0n) is 16.1. The van der Waals surface area contributed by atoms with Crippen LogP contribution in [-0.4, -0.2) is 27.2 Å². The number of hydrogen-bond acceptors (Lipinski definition) is 4. The van der Waals surface area contributed by atoms with Crippen molar-refractivity contribution in [2.75, 3.05) is 21.3 Å². The maximum absolute atomic E-state index is 12.4. The molecule has 0 radical (unpaired) electrons. The van der Waals surface area contributed by atoms with E-state index in [1.165, 1.54) is 6.42 Å². The van der Waals surface area contributed by atoms with Crippen molar-refractivity contribution in [3.63, 3.8) is 0 Å². The Morgan fingerprint density at radius 1 is 1.08 bits per heavy atom. The van der Waals surface area contributed by atoms with Crippen LogP contribution in [0.2, 0.25) is 0 Å². The van der Waals surface area contributed by atoms with Gasteiger partial charge in [-0.2, -0.15) is 0 Å². The van der Waals surface area contributed by atoms with E-state index in [0.717, 1.165) is 42.6 Å². The Bertz CT molecular complexity index is 592. The highest BCUT2D eigenvalue weighted by molar-refractivity contribution is 5.78. The van der Waals surface area contributed by atoms with Gasteiger partial charge < -0.3 is 19.5 Å². The molecule has 2 rings (SSSR count). The SMILES string of the molecule is COc1cc(CNC(=O)C2CCCCC2)c(OC)c(OC)c1C(C)C. The molecular weight excluding hydrogens is 318 g/mol. The van der Waals surface area contributed by atoms with Crippen molar-refractivity contribution in [3.8, 4) is 17.2 Å². The Labute approximate surface area is 151 Å². The van der Waals surface area contributed by atoms with Crippen LogP contribution in [0, 0.1) is 5.92 Å². The predicted octanol–water partition coefficient (Wildman–Crippen LogP) is 4.03. The van der Waals surface area contributed by atoms with Crippen LogP contribution in [0.15, 0.2) is 6.07 Å². The highest BCUT2D eigenvalue weighted by atomic mass is 16.5. The minimum absolute atomic E-state index is 0.132. The standard InChI is InChI=1S/C20H31NO4/c1-13(2)17-16(23-3)11-15(18(24-4)19(17)25-5)12-21-20(22)14-9-7-6-8-10-14/h11,13-14H,6-10,12H2,1-5H3,(H,21,22). The molecule has 0 unspecified atom stereocenters. The Hall–Kier alpha value is -1.91. The van der Waals surface area contributed by atoms with Gasteiger partial charge in [-0.3, -0.25) is 4.79 Å². The molecule has 0 atom stereocenters. The normalized spacial score (nSPS) is 15.1. The van der Waals surface area contributed by atoms with Crippen molar-refractivity contribution in [2.45, 2.75) is 58.4 Å². The minimum Gasteiger partial charge on any atom is -0.496 e. The number of hydrogen-bond donors (Lipinski definition) is 1. The van der Waals surface area contributed by atoms with Crippen LogP contribution in [0.4, 0.5) is 0 Å². The molecule has 1 amide bonds. The Morgan fingerprint density at radius 2 is 1.72 bits per heavy atom. The molecule has 5 heteroatoms. The highest BCUT2D eigenvalue weighted by Crippen LogP contribution is 2.44. The molecule has 0 aromatic heterocycles. The number of rotatable bonds is 7. The van der Waals surface area contributed by atoms with Crippen molar-refractivity contribution in [1.29, 1.82) is 0 Å². The summed E-state index contributed by atoms with van der Waals surface area (Å²) >= 11 is 0. The topological polar surface area (TPSA) is 56.8 Å². The number of carbonyl (C=O) groups excluding carboxylic acids is 1. The molecule has 0 saturated heterocycles. The smallest absolute Gasteiger partial charge is 0.223 e. The molecule has 1 saturated carbocycles. The predicted molar refractivity (Wildman–Crippen MR) is 98.6 cm³/mol. The zero-order chi connectivity index (χ0) is 18.4. The van der Waals surface area contributed by atoms with Crippen molar-refractivity contribution < 1.29 is 19.0 Å². The molecule has 1 aliphatic carbocycles. The van der Waals surface area contributed by atoms with Crippen molar-refractivity contribution in [2.24, 2.45) is 5.92 Å². The maximum Gasteiger partial charge on any atom is 0.223 e. The lowest BCUT2D eigenvalue weighted by atomic mass is 9.88. The molecule has 5 nitrogen and oxygen atoms in total. The number of ether oxygens (including phenoxy) is 3. The summed E-state index contributed by atoms with van der Waals surface area (Å²) in [5.74, 6) is 2.60. The van der Waals surface area contributed by atoms with E-state index in [1.807, 2.05) is 6.07 Å². The Morgan fingerprint density at radius 3 is 2.24 bits per heavy atom. The first-order valence-electron chi connectivity index (χ1n) is 9.12. The average molecular weight is 349 g/mol. The van der Waals surface area contributed by atoms with E-state index < -0.39 is 0 Å². The van der Waals surface area contributed by atoms with Gasteiger partial charge >= 0.3 is 0 Å². The second-order valence-electron chi connectivity index (χ2n) is 6.93. The molecule has 25 heavy (non-hydrogen) atoms. The van der Waals surface area contributed by atoms with E-state index in [-0.39, 0.29) is 17.7 Å². The molecule has 1 aliphatic rings. The summed E-state index contributed by atoms with van der Waals surface area (Å²) in [6, 6.07) is 1.94. The molecule has 1 fully saturated rings. The van der Waals surface area contributed by atoms with E-state index in [4.69, 9.17) is 14.2 Å². The van der Waals surface area contributed by atoms with Gasteiger partial charge in [0.1, 0.15) is 5.75 Å². The fraction of sp³-hybridized carbons (Fsp3) is 0.650. The lowest BCUT2D eigenvalue weighted by Crippen LogP contribution is -2.31. The third-order valence-corrected chi connectivity index (χ3v) is 4.95.